The van der Waals surface area contributed by atoms with Gasteiger partial charge < -0.3 is 10.5 Å². The lowest BCUT2D eigenvalue weighted by Crippen LogP contribution is -2.13. The lowest BCUT2D eigenvalue weighted by Gasteiger charge is -2.15. The molecule has 0 aliphatic rings. The van der Waals surface area contributed by atoms with Crippen LogP contribution in [-0.4, -0.2) is 13.2 Å². The van der Waals surface area contributed by atoms with Gasteiger partial charge in [-0.25, -0.2) is 4.39 Å². The van der Waals surface area contributed by atoms with Crippen LogP contribution >= 0.6 is 0 Å². The average Bonchev–Trinajstić information content (AvgIpc) is 2.50. The molecule has 0 aliphatic carbocycles. The number of hydrogen-bond donors (Lipinski definition) is 1. The van der Waals surface area contributed by atoms with Gasteiger partial charge in [-0.15, -0.1) is 0 Å². The van der Waals surface area contributed by atoms with Crippen LogP contribution in [0.3, 0.4) is 0 Å². The summed E-state index contributed by atoms with van der Waals surface area (Å²) in [5, 5.41) is 0. The van der Waals surface area contributed by atoms with Crippen molar-refractivity contribution < 1.29 is 9.13 Å². The van der Waals surface area contributed by atoms with E-state index in [1.807, 2.05) is 42.5 Å². The maximum Gasteiger partial charge on any atom is 0.123 e. The van der Waals surface area contributed by atoms with E-state index in [9.17, 15) is 4.39 Å². The van der Waals surface area contributed by atoms with Crippen molar-refractivity contribution in [2.75, 3.05) is 13.2 Å². The van der Waals surface area contributed by atoms with E-state index in [0.29, 0.717) is 13.2 Å². The van der Waals surface area contributed by atoms with Crippen LogP contribution in [0.25, 0.3) is 0 Å². The summed E-state index contributed by atoms with van der Waals surface area (Å²) >= 11 is 0. The lowest BCUT2D eigenvalue weighted by molar-refractivity contribution is 0.302. The molecule has 2 nitrogen and oxygen atoms in total. The summed E-state index contributed by atoms with van der Waals surface area (Å²) in [6.45, 7) is 1.23. The molecule has 0 bridgehead atoms. The van der Waals surface area contributed by atoms with Crippen molar-refractivity contribution in [3.05, 3.63) is 66.0 Å². The Morgan fingerprint density at radius 3 is 2.35 bits per heavy atom. The van der Waals surface area contributed by atoms with Crippen LogP contribution in [0.4, 0.5) is 4.39 Å². The Morgan fingerprint density at radius 2 is 1.70 bits per heavy atom. The second-order valence-corrected chi connectivity index (χ2v) is 4.79. The molecule has 2 N–H and O–H groups in total. The molecule has 0 heterocycles. The largest absolute Gasteiger partial charge is 0.494 e. The van der Waals surface area contributed by atoms with Gasteiger partial charge in [0.15, 0.2) is 0 Å². The van der Waals surface area contributed by atoms with Crippen LogP contribution in [-0.2, 0) is 0 Å². The molecule has 0 spiro atoms. The number of benzene rings is 2. The Bertz CT molecular complexity index is 498. The van der Waals surface area contributed by atoms with Gasteiger partial charge in [0.05, 0.1) is 6.61 Å². The van der Waals surface area contributed by atoms with Gasteiger partial charge in [-0.05, 0) is 55.1 Å². The van der Waals surface area contributed by atoms with Crippen molar-refractivity contribution in [1.29, 1.82) is 0 Å². The highest BCUT2D eigenvalue weighted by Gasteiger charge is 2.09. The molecule has 1 unspecified atom stereocenters. The third-order valence-corrected chi connectivity index (χ3v) is 3.33. The van der Waals surface area contributed by atoms with E-state index in [1.165, 1.54) is 12.1 Å². The number of halogens is 1. The molecule has 0 saturated carbocycles. The highest BCUT2D eigenvalue weighted by atomic mass is 19.1. The predicted molar refractivity (Wildman–Crippen MR) is 79.4 cm³/mol. The minimum Gasteiger partial charge on any atom is -0.494 e. The molecular weight excluding hydrogens is 253 g/mol. The fraction of sp³-hybridized carbons (Fsp3) is 0.294. The van der Waals surface area contributed by atoms with E-state index in [2.05, 4.69) is 0 Å². The predicted octanol–water partition coefficient (Wildman–Crippen LogP) is 3.73. The van der Waals surface area contributed by atoms with E-state index >= 15 is 0 Å². The topological polar surface area (TPSA) is 35.2 Å². The smallest absolute Gasteiger partial charge is 0.123 e. The average molecular weight is 273 g/mol. The summed E-state index contributed by atoms with van der Waals surface area (Å²) in [5.41, 5.74) is 6.89. The fourth-order valence-corrected chi connectivity index (χ4v) is 2.19. The molecule has 0 saturated heterocycles. The molecule has 106 valence electrons. The third kappa shape index (κ3) is 4.35. The lowest BCUT2D eigenvalue weighted by atomic mass is 9.94. The van der Waals surface area contributed by atoms with E-state index < -0.39 is 0 Å². The first kappa shape index (κ1) is 14.5. The zero-order valence-corrected chi connectivity index (χ0v) is 11.5. The summed E-state index contributed by atoms with van der Waals surface area (Å²) in [7, 11) is 0. The monoisotopic (exact) mass is 273 g/mol. The van der Waals surface area contributed by atoms with E-state index in [-0.39, 0.29) is 11.7 Å². The van der Waals surface area contributed by atoms with Gasteiger partial charge in [0.2, 0.25) is 0 Å². The van der Waals surface area contributed by atoms with Crippen LogP contribution in [0, 0.1) is 5.82 Å². The van der Waals surface area contributed by atoms with Crippen molar-refractivity contribution in [2.45, 2.75) is 18.8 Å². The highest BCUT2D eigenvalue weighted by Crippen LogP contribution is 2.20. The number of para-hydroxylation sites is 1. The normalized spacial score (nSPS) is 12.1. The standard InChI is InChI=1S/C17H20FNO/c18-16-10-8-14(9-11-16)15(13-19)5-4-12-20-17-6-2-1-3-7-17/h1-3,6-11,15H,4-5,12-13,19H2. The highest BCUT2D eigenvalue weighted by molar-refractivity contribution is 5.21. The van der Waals surface area contributed by atoms with Crippen molar-refractivity contribution in [3.63, 3.8) is 0 Å². The van der Waals surface area contributed by atoms with Crippen LogP contribution < -0.4 is 10.5 Å². The number of rotatable bonds is 7. The molecule has 0 amide bonds. The molecule has 3 heteroatoms. The van der Waals surface area contributed by atoms with E-state index in [4.69, 9.17) is 10.5 Å². The van der Waals surface area contributed by atoms with Crippen LogP contribution in [0.2, 0.25) is 0 Å². The first-order valence-electron chi connectivity index (χ1n) is 6.93. The van der Waals surface area contributed by atoms with Gasteiger partial charge >= 0.3 is 0 Å². The zero-order chi connectivity index (χ0) is 14.2. The fourth-order valence-electron chi connectivity index (χ4n) is 2.19. The Kier molecular flexibility index (Phi) is 5.56. The zero-order valence-electron chi connectivity index (χ0n) is 11.5. The minimum atomic E-state index is -0.211. The molecule has 0 aliphatic heterocycles. The summed E-state index contributed by atoms with van der Waals surface area (Å²) in [6.07, 6.45) is 1.86. The molecule has 20 heavy (non-hydrogen) atoms. The summed E-state index contributed by atoms with van der Waals surface area (Å²) < 4.78 is 18.6. The molecule has 0 aromatic heterocycles. The minimum absolute atomic E-state index is 0.211. The van der Waals surface area contributed by atoms with Crippen molar-refractivity contribution >= 4 is 0 Å². The summed E-state index contributed by atoms with van der Waals surface area (Å²) in [5.74, 6) is 0.936. The van der Waals surface area contributed by atoms with Crippen molar-refractivity contribution in [3.8, 4) is 5.75 Å². The van der Waals surface area contributed by atoms with Crippen molar-refractivity contribution in [2.24, 2.45) is 5.73 Å². The van der Waals surface area contributed by atoms with Gasteiger partial charge in [0.1, 0.15) is 11.6 Å². The molecule has 0 fully saturated rings. The quantitative estimate of drug-likeness (QED) is 0.780. The van der Waals surface area contributed by atoms with Gasteiger partial charge in [-0.1, -0.05) is 30.3 Å². The number of nitrogens with two attached hydrogens (primary N) is 1. The number of ether oxygens (including phenoxy) is 1. The molecule has 2 aromatic rings. The van der Waals surface area contributed by atoms with Crippen LogP contribution in [0.5, 0.6) is 5.75 Å². The second kappa shape index (κ2) is 7.65. The third-order valence-electron chi connectivity index (χ3n) is 3.33. The molecule has 2 aromatic carbocycles. The Labute approximate surface area is 119 Å². The molecular formula is C17H20FNO. The van der Waals surface area contributed by atoms with Crippen LogP contribution in [0.15, 0.2) is 54.6 Å². The Balaban J connectivity index is 1.78. The first-order chi connectivity index (χ1) is 9.79. The maximum absolute atomic E-state index is 12.9. The Hall–Kier alpha value is -1.87. The molecule has 2 rings (SSSR count). The molecule has 1 atom stereocenters. The van der Waals surface area contributed by atoms with Gasteiger partial charge in [0, 0.05) is 0 Å². The summed E-state index contributed by atoms with van der Waals surface area (Å²) in [4.78, 5) is 0. The van der Waals surface area contributed by atoms with Crippen molar-refractivity contribution in [1.82, 2.24) is 0 Å². The van der Waals surface area contributed by atoms with E-state index in [1.54, 1.807) is 0 Å². The van der Waals surface area contributed by atoms with Gasteiger partial charge in [0.25, 0.3) is 0 Å². The Morgan fingerprint density at radius 1 is 1.00 bits per heavy atom. The second-order valence-electron chi connectivity index (χ2n) is 4.79. The maximum atomic E-state index is 12.9. The summed E-state index contributed by atoms with van der Waals surface area (Å²) in [6, 6.07) is 16.4. The first-order valence-corrected chi connectivity index (χ1v) is 6.93. The molecule has 0 radical (unpaired) electrons. The van der Waals surface area contributed by atoms with E-state index in [0.717, 1.165) is 24.2 Å². The SMILES string of the molecule is NCC(CCCOc1ccccc1)c1ccc(F)cc1. The van der Waals surface area contributed by atoms with Gasteiger partial charge in [-0.2, -0.15) is 0 Å². The number of hydrogen-bond acceptors (Lipinski definition) is 2. The van der Waals surface area contributed by atoms with Crippen LogP contribution in [0.1, 0.15) is 24.3 Å². The van der Waals surface area contributed by atoms with Gasteiger partial charge in [-0.3, -0.25) is 0 Å².